The van der Waals surface area contributed by atoms with Gasteiger partial charge in [-0.15, -0.1) is 0 Å². The van der Waals surface area contributed by atoms with Crippen molar-refractivity contribution in [2.24, 2.45) is 5.73 Å². The highest BCUT2D eigenvalue weighted by molar-refractivity contribution is 5.69. The van der Waals surface area contributed by atoms with Gasteiger partial charge in [-0.05, 0) is 26.3 Å². The predicted octanol–water partition coefficient (Wildman–Crippen LogP) is 0.769. The van der Waals surface area contributed by atoms with Gasteiger partial charge in [-0.3, -0.25) is 9.69 Å². The van der Waals surface area contributed by atoms with Crippen molar-refractivity contribution < 1.29 is 14.3 Å². The molecule has 0 aromatic heterocycles. The summed E-state index contributed by atoms with van der Waals surface area (Å²) >= 11 is 0. The molecule has 1 rings (SSSR count). The average molecular weight is 258 g/mol. The molecule has 0 bridgehead atoms. The minimum absolute atomic E-state index is 0.0768. The van der Waals surface area contributed by atoms with Crippen LogP contribution in [0.2, 0.25) is 0 Å². The Kier molecular flexibility index (Phi) is 7.96. The highest BCUT2D eigenvalue weighted by Crippen LogP contribution is 2.07. The van der Waals surface area contributed by atoms with Gasteiger partial charge in [-0.2, -0.15) is 0 Å². The first-order valence-electron chi connectivity index (χ1n) is 6.96. The first-order valence-corrected chi connectivity index (χ1v) is 6.96. The fourth-order valence-corrected chi connectivity index (χ4v) is 2.14. The predicted molar refractivity (Wildman–Crippen MR) is 70.3 cm³/mol. The minimum Gasteiger partial charge on any atom is -0.466 e. The third-order valence-corrected chi connectivity index (χ3v) is 3.15. The molecule has 1 heterocycles. The molecule has 0 saturated carbocycles. The largest absolute Gasteiger partial charge is 0.466 e. The molecule has 106 valence electrons. The monoisotopic (exact) mass is 258 g/mol. The lowest BCUT2D eigenvalue weighted by molar-refractivity contribution is -0.143. The SMILES string of the molecule is CCOC(=O)CCCCCN1CCO[C@@H](CN)C1. The lowest BCUT2D eigenvalue weighted by Crippen LogP contribution is -2.45. The van der Waals surface area contributed by atoms with E-state index in [-0.39, 0.29) is 12.1 Å². The van der Waals surface area contributed by atoms with Gasteiger partial charge in [-0.1, -0.05) is 6.42 Å². The van der Waals surface area contributed by atoms with Gasteiger partial charge in [-0.25, -0.2) is 0 Å². The van der Waals surface area contributed by atoms with Crippen molar-refractivity contribution in [3.05, 3.63) is 0 Å². The number of nitrogens with zero attached hydrogens (tertiary/aromatic N) is 1. The van der Waals surface area contributed by atoms with E-state index in [0.29, 0.717) is 19.6 Å². The fourth-order valence-electron chi connectivity index (χ4n) is 2.14. The number of hydrogen-bond acceptors (Lipinski definition) is 5. The zero-order valence-electron chi connectivity index (χ0n) is 11.4. The number of rotatable bonds is 8. The maximum absolute atomic E-state index is 11.1. The minimum atomic E-state index is -0.0768. The average Bonchev–Trinajstić information content (AvgIpc) is 2.39. The first-order chi connectivity index (χ1) is 8.76. The molecule has 0 aliphatic carbocycles. The van der Waals surface area contributed by atoms with Crippen molar-refractivity contribution in [2.45, 2.75) is 38.7 Å². The molecule has 5 nitrogen and oxygen atoms in total. The van der Waals surface area contributed by atoms with E-state index >= 15 is 0 Å². The Bertz CT molecular complexity index is 236. The number of hydrogen-bond donors (Lipinski definition) is 1. The molecule has 1 fully saturated rings. The van der Waals surface area contributed by atoms with Crippen LogP contribution in [0.1, 0.15) is 32.6 Å². The molecule has 0 spiro atoms. The molecular formula is C13H26N2O3. The van der Waals surface area contributed by atoms with Gasteiger partial charge in [0, 0.05) is 26.1 Å². The second-order valence-electron chi connectivity index (χ2n) is 4.64. The standard InChI is InChI=1S/C13H26N2O3/c1-2-17-13(16)6-4-3-5-7-15-8-9-18-12(10-14)11-15/h12H,2-11,14H2,1H3/t12-/m0/s1. The third-order valence-electron chi connectivity index (χ3n) is 3.15. The summed E-state index contributed by atoms with van der Waals surface area (Å²) in [7, 11) is 0. The molecule has 5 heteroatoms. The second-order valence-corrected chi connectivity index (χ2v) is 4.64. The van der Waals surface area contributed by atoms with Crippen LogP contribution in [0.4, 0.5) is 0 Å². The molecule has 1 aliphatic heterocycles. The van der Waals surface area contributed by atoms with Gasteiger partial charge >= 0.3 is 5.97 Å². The zero-order valence-corrected chi connectivity index (χ0v) is 11.4. The normalized spacial score (nSPS) is 20.9. The molecule has 2 N–H and O–H groups in total. The number of carbonyl (C=O) groups is 1. The molecule has 18 heavy (non-hydrogen) atoms. The van der Waals surface area contributed by atoms with Crippen LogP contribution in [0.15, 0.2) is 0 Å². The second kappa shape index (κ2) is 9.30. The lowest BCUT2D eigenvalue weighted by Gasteiger charge is -2.32. The molecule has 1 atom stereocenters. The molecule has 0 amide bonds. The van der Waals surface area contributed by atoms with Crippen LogP contribution < -0.4 is 5.73 Å². The van der Waals surface area contributed by atoms with Crippen molar-refractivity contribution >= 4 is 5.97 Å². The van der Waals surface area contributed by atoms with Crippen LogP contribution in [0.5, 0.6) is 0 Å². The quantitative estimate of drug-likeness (QED) is 0.514. The summed E-state index contributed by atoms with van der Waals surface area (Å²) in [5.74, 6) is -0.0768. The number of nitrogens with two attached hydrogens (primary N) is 1. The number of esters is 1. The molecule has 0 radical (unpaired) electrons. The topological polar surface area (TPSA) is 64.8 Å². The van der Waals surface area contributed by atoms with Gasteiger partial charge in [0.1, 0.15) is 0 Å². The van der Waals surface area contributed by atoms with E-state index in [9.17, 15) is 4.79 Å². The van der Waals surface area contributed by atoms with Crippen molar-refractivity contribution in [1.29, 1.82) is 0 Å². The van der Waals surface area contributed by atoms with Gasteiger partial charge < -0.3 is 15.2 Å². The van der Waals surface area contributed by atoms with Crippen LogP contribution in [0.25, 0.3) is 0 Å². The van der Waals surface area contributed by atoms with E-state index in [2.05, 4.69) is 4.90 Å². The number of morpholine rings is 1. The van der Waals surface area contributed by atoms with Gasteiger partial charge in [0.15, 0.2) is 0 Å². The van der Waals surface area contributed by atoms with Gasteiger partial charge in [0.05, 0.1) is 19.3 Å². The molecule has 1 saturated heterocycles. The first kappa shape index (κ1) is 15.4. The van der Waals surface area contributed by atoms with Crippen LogP contribution in [0.3, 0.4) is 0 Å². The van der Waals surface area contributed by atoms with Crippen molar-refractivity contribution in [3.63, 3.8) is 0 Å². The van der Waals surface area contributed by atoms with Crippen molar-refractivity contribution in [1.82, 2.24) is 4.90 Å². The Balaban J connectivity index is 1.98. The Hall–Kier alpha value is -0.650. The highest BCUT2D eigenvalue weighted by Gasteiger charge is 2.18. The molecule has 0 unspecified atom stereocenters. The number of ether oxygens (including phenoxy) is 2. The van der Waals surface area contributed by atoms with Crippen LogP contribution >= 0.6 is 0 Å². The molecule has 1 aliphatic rings. The van der Waals surface area contributed by atoms with E-state index in [1.165, 1.54) is 0 Å². The molecule has 0 aromatic rings. The van der Waals surface area contributed by atoms with Gasteiger partial charge in [0.25, 0.3) is 0 Å². The molecule has 0 aromatic carbocycles. The Morgan fingerprint density at radius 3 is 3.00 bits per heavy atom. The van der Waals surface area contributed by atoms with Gasteiger partial charge in [0.2, 0.25) is 0 Å². The lowest BCUT2D eigenvalue weighted by atomic mass is 10.1. The van der Waals surface area contributed by atoms with Crippen LogP contribution in [0, 0.1) is 0 Å². The summed E-state index contributed by atoms with van der Waals surface area (Å²) in [5.41, 5.74) is 5.60. The summed E-state index contributed by atoms with van der Waals surface area (Å²) < 4.78 is 10.4. The Morgan fingerprint density at radius 1 is 1.44 bits per heavy atom. The van der Waals surface area contributed by atoms with E-state index < -0.39 is 0 Å². The number of carbonyl (C=O) groups excluding carboxylic acids is 1. The van der Waals surface area contributed by atoms with Crippen LogP contribution in [-0.4, -0.2) is 56.4 Å². The Morgan fingerprint density at radius 2 is 2.28 bits per heavy atom. The van der Waals surface area contributed by atoms with Crippen molar-refractivity contribution in [3.8, 4) is 0 Å². The maximum atomic E-state index is 11.1. The summed E-state index contributed by atoms with van der Waals surface area (Å²) in [6, 6.07) is 0. The summed E-state index contributed by atoms with van der Waals surface area (Å²) in [5, 5.41) is 0. The smallest absolute Gasteiger partial charge is 0.305 e. The fraction of sp³-hybridized carbons (Fsp3) is 0.923. The zero-order chi connectivity index (χ0) is 13.2. The molecular weight excluding hydrogens is 232 g/mol. The third kappa shape index (κ3) is 6.33. The van der Waals surface area contributed by atoms with E-state index in [4.69, 9.17) is 15.2 Å². The van der Waals surface area contributed by atoms with Crippen LogP contribution in [-0.2, 0) is 14.3 Å². The number of unbranched alkanes of at least 4 members (excludes halogenated alkanes) is 2. The maximum Gasteiger partial charge on any atom is 0.305 e. The highest BCUT2D eigenvalue weighted by atomic mass is 16.5. The summed E-state index contributed by atoms with van der Waals surface area (Å²) in [4.78, 5) is 13.5. The van der Waals surface area contributed by atoms with E-state index in [0.717, 1.165) is 45.5 Å². The Labute approximate surface area is 110 Å². The summed E-state index contributed by atoms with van der Waals surface area (Å²) in [6.45, 7) is 6.70. The van der Waals surface area contributed by atoms with E-state index in [1.54, 1.807) is 0 Å². The van der Waals surface area contributed by atoms with E-state index in [1.807, 2.05) is 6.92 Å². The van der Waals surface area contributed by atoms with Crippen molar-refractivity contribution in [2.75, 3.05) is 39.4 Å². The summed E-state index contributed by atoms with van der Waals surface area (Å²) in [6.07, 6.45) is 3.85.